The molecular weight excluding hydrogens is 244 g/mol. The first-order valence-electron chi connectivity index (χ1n) is 5.80. The SMILES string of the molecule is CCCCCCCCN(C)OC(=O)N=S(=O)=O. The molecule has 17 heavy (non-hydrogen) atoms. The molecule has 0 aliphatic carbocycles. The largest absolute Gasteiger partial charge is 0.467 e. The molecule has 0 aliphatic rings. The van der Waals surface area contributed by atoms with Gasteiger partial charge in [0.2, 0.25) is 0 Å². The van der Waals surface area contributed by atoms with Gasteiger partial charge in [-0.1, -0.05) is 43.4 Å². The zero-order chi connectivity index (χ0) is 13.1. The number of carbonyl (C=O) groups excluding carboxylic acids is 1. The number of hydrogen-bond acceptors (Lipinski definition) is 5. The van der Waals surface area contributed by atoms with Crippen LogP contribution in [0.5, 0.6) is 0 Å². The Hall–Kier alpha value is -0.950. The molecule has 100 valence electrons. The molecule has 0 bridgehead atoms. The van der Waals surface area contributed by atoms with Crippen molar-refractivity contribution in [3.63, 3.8) is 0 Å². The van der Waals surface area contributed by atoms with Crippen LogP contribution in [0.25, 0.3) is 0 Å². The summed E-state index contributed by atoms with van der Waals surface area (Å²) < 4.78 is 22.8. The lowest BCUT2D eigenvalue weighted by Crippen LogP contribution is -2.22. The van der Waals surface area contributed by atoms with Gasteiger partial charge in [-0.15, -0.1) is 5.06 Å². The number of carbonyl (C=O) groups is 1. The molecule has 7 heteroatoms. The second kappa shape index (κ2) is 10.2. The van der Waals surface area contributed by atoms with Gasteiger partial charge >= 0.3 is 16.6 Å². The molecule has 0 aromatic heterocycles. The van der Waals surface area contributed by atoms with E-state index in [1.54, 1.807) is 7.05 Å². The van der Waals surface area contributed by atoms with Crippen LogP contribution >= 0.6 is 0 Å². The summed E-state index contributed by atoms with van der Waals surface area (Å²) in [4.78, 5) is 15.4. The fraction of sp³-hybridized carbons (Fsp3) is 0.900. The number of rotatable bonds is 8. The van der Waals surface area contributed by atoms with Gasteiger partial charge in [0.1, 0.15) is 0 Å². The van der Waals surface area contributed by atoms with Gasteiger partial charge in [-0.2, -0.15) is 8.42 Å². The summed E-state index contributed by atoms with van der Waals surface area (Å²) in [7, 11) is -1.17. The molecule has 0 saturated carbocycles. The average molecular weight is 264 g/mol. The van der Waals surface area contributed by atoms with E-state index in [1.807, 2.05) is 0 Å². The minimum absolute atomic E-state index is 0.582. The highest BCUT2D eigenvalue weighted by atomic mass is 32.2. The molecule has 0 fully saturated rings. The van der Waals surface area contributed by atoms with E-state index in [4.69, 9.17) is 0 Å². The van der Waals surface area contributed by atoms with Crippen molar-refractivity contribution in [2.24, 2.45) is 4.36 Å². The highest BCUT2D eigenvalue weighted by Crippen LogP contribution is 2.05. The van der Waals surface area contributed by atoms with Crippen LogP contribution in [0.15, 0.2) is 4.36 Å². The number of nitrogens with zero attached hydrogens (tertiary/aromatic N) is 2. The topological polar surface area (TPSA) is 76.0 Å². The first-order valence-corrected chi connectivity index (χ1v) is 6.83. The zero-order valence-electron chi connectivity index (χ0n) is 10.4. The molecule has 0 unspecified atom stereocenters. The average Bonchev–Trinajstić information content (AvgIpc) is 2.21. The van der Waals surface area contributed by atoms with Crippen LogP contribution in [0.1, 0.15) is 45.4 Å². The maximum Gasteiger partial charge on any atom is 0.467 e. The quantitative estimate of drug-likeness (QED) is 0.497. The van der Waals surface area contributed by atoms with Crippen LogP contribution in [0.3, 0.4) is 0 Å². The first-order chi connectivity index (χ1) is 8.06. The zero-order valence-corrected chi connectivity index (χ0v) is 11.2. The van der Waals surface area contributed by atoms with Gasteiger partial charge in [0.05, 0.1) is 0 Å². The van der Waals surface area contributed by atoms with Crippen molar-refractivity contribution in [3.8, 4) is 0 Å². The summed E-state index contributed by atoms with van der Waals surface area (Å²) >= 11 is 0. The van der Waals surface area contributed by atoms with Crippen molar-refractivity contribution in [1.82, 2.24) is 5.06 Å². The van der Waals surface area contributed by atoms with Crippen LogP contribution in [-0.4, -0.2) is 33.2 Å². The Labute approximate surface area is 104 Å². The smallest absolute Gasteiger partial charge is 0.349 e. The number of amides is 1. The second-order valence-electron chi connectivity index (χ2n) is 3.78. The fourth-order valence-corrected chi connectivity index (χ4v) is 1.53. The molecule has 0 aromatic carbocycles. The Kier molecular flexibility index (Phi) is 9.65. The van der Waals surface area contributed by atoms with E-state index in [9.17, 15) is 13.2 Å². The van der Waals surface area contributed by atoms with Crippen LogP contribution in [0.4, 0.5) is 4.79 Å². The lowest BCUT2D eigenvalue weighted by Gasteiger charge is -2.13. The third-order valence-electron chi connectivity index (χ3n) is 2.21. The van der Waals surface area contributed by atoms with Gasteiger partial charge in [0.15, 0.2) is 0 Å². The number of unbranched alkanes of at least 4 members (excludes halogenated alkanes) is 5. The molecule has 0 rings (SSSR count). The predicted octanol–water partition coefficient (Wildman–Crippen LogP) is 2.39. The lowest BCUT2D eigenvalue weighted by atomic mass is 10.1. The molecule has 0 aliphatic heterocycles. The molecule has 0 aromatic rings. The maximum atomic E-state index is 10.8. The van der Waals surface area contributed by atoms with E-state index in [0.717, 1.165) is 12.8 Å². The van der Waals surface area contributed by atoms with Gasteiger partial charge < -0.3 is 4.84 Å². The van der Waals surface area contributed by atoms with E-state index in [2.05, 4.69) is 16.1 Å². The summed E-state index contributed by atoms with van der Waals surface area (Å²) in [6, 6.07) is 0. The molecular formula is C10H20N2O4S. The molecule has 1 amide bonds. The molecule has 0 heterocycles. The molecule has 0 saturated heterocycles. The first kappa shape index (κ1) is 16.1. The third-order valence-corrected chi connectivity index (χ3v) is 2.51. The van der Waals surface area contributed by atoms with E-state index < -0.39 is 16.6 Å². The fourth-order valence-electron chi connectivity index (χ4n) is 1.37. The molecule has 0 spiro atoms. The monoisotopic (exact) mass is 264 g/mol. The Bertz CT molecular complexity index is 332. The number of hydroxylamine groups is 2. The Morgan fingerprint density at radius 1 is 1.18 bits per heavy atom. The third kappa shape index (κ3) is 11.3. The van der Waals surface area contributed by atoms with Crippen molar-refractivity contribution in [2.75, 3.05) is 13.6 Å². The van der Waals surface area contributed by atoms with Crippen molar-refractivity contribution in [1.29, 1.82) is 0 Å². The van der Waals surface area contributed by atoms with Crippen molar-refractivity contribution in [2.45, 2.75) is 45.4 Å². The molecule has 6 nitrogen and oxygen atoms in total. The summed E-state index contributed by atoms with van der Waals surface area (Å²) in [5, 5.41) is 1.30. The summed E-state index contributed by atoms with van der Waals surface area (Å²) in [6.07, 6.45) is 5.74. The van der Waals surface area contributed by atoms with Crippen LogP contribution in [0, 0.1) is 0 Å². The standard InChI is InChI=1S/C10H20N2O4S/c1-3-4-5-6-7-8-9-12(2)16-10(13)11-17(14)15/h3-9H2,1-2H3. The van der Waals surface area contributed by atoms with Gasteiger partial charge in [-0.3, -0.25) is 0 Å². The van der Waals surface area contributed by atoms with Crippen LogP contribution in [-0.2, 0) is 15.3 Å². The minimum Gasteiger partial charge on any atom is -0.349 e. The van der Waals surface area contributed by atoms with E-state index in [1.165, 1.54) is 30.7 Å². The maximum absolute atomic E-state index is 10.8. The normalized spacial score (nSPS) is 10.3. The van der Waals surface area contributed by atoms with E-state index in [-0.39, 0.29) is 0 Å². The summed E-state index contributed by atoms with van der Waals surface area (Å²) in [5.41, 5.74) is 0. The highest BCUT2D eigenvalue weighted by Gasteiger charge is 2.05. The second-order valence-corrected chi connectivity index (χ2v) is 4.40. The Morgan fingerprint density at radius 2 is 1.76 bits per heavy atom. The van der Waals surface area contributed by atoms with Gasteiger partial charge in [-0.25, -0.2) is 4.79 Å². The van der Waals surface area contributed by atoms with Gasteiger partial charge in [0, 0.05) is 13.6 Å². The minimum atomic E-state index is -2.75. The van der Waals surface area contributed by atoms with Gasteiger partial charge in [0.25, 0.3) is 0 Å². The lowest BCUT2D eigenvalue weighted by molar-refractivity contribution is -0.0736. The number of hydrogen-bond donors (Lipinski definition) is 0. The predicted molar refractivity (Wildman–Crippen MR) is 63.8 cm³/mol. The van der Waals surface area contributed by atoms with Crippen molar-refractivity contribution < 1.29 is 18.0 Å². The van der Waals surface area contributed by atoms with Crippen LogP contribution in [0.2, 0.25) is 0 Å². The van der Waals surface area contributed by atoms with E-state index in [0.29, 0.717) is 6.54 Å². The Balaban J connectivity index is 3.56. The van der Waals surface area contributed by atoms with Gasteiger partial charge in [-0.05, 0) is 6.42 Å². The molecule has 0 N–H and O–H groups in total. The van der Waals surface area contributed by atoms with Crippen LogP contribution < -0.4 is 0 Å². The van der Waals surface area contributed by atoms with E-state index >= 15 is 0 Å². The van der Waals surface area contributed by atoms with Crippen molar-refractivity contribution >= 4 is 16.6 Å². The Morgan fingerprint density at radius 3 is 2.35 bits per heavy atom. The molecule has 0 radical (unpaired) electrons. The summed E-state index contributed by atoms with van der Waals surface area (Å²) in [5.74, 6) is 0. The molecule has 0 atom stereocenters. The highest BCUT2D eigenvalue weighted by molar-refractivity contribution is 7.62. The summed E-state index contributed by atoms with van der Waals surface area (Å²) in [6.45, 7) is 2.75. The van der Waals surface area contributed by atoms with Crippen molar-refractivity contribution in [3.05, 3.63) is 0 Å².